The summed E-state index contributed by atoms with van der Waals surface area (Å²) in [5.74, 6) is -0.635. The number of carbonyl (C=O) groups is 2. The second-order valence-electron chi connectivity index (χ2n) is 7.42. The molecule has 2 fully saturated rings. The van der Waals surface area contributed by atoms with Crippen molar-refractivity contribution >= 4 is 34.8 Å². The van der Waals surface area contributed by atoms with Gasteiger partial charge < -0.3 is 4.74 Å². The quantitative estimate of drug-likeness (QED) is 0.570. The monoisotopic (exact) mass is 434 g/mol. The zero-order valence-corrected chi connectivity index (χ0v) is 17.4. The molecule has 5 rings (SSSR count). The van der Waals surface area contributed by atoms with Gasteiger partial charge in [-0.3, -0.25) is 14.4 Å². The van der Waals surface area contributed by atoms with Crippen molar-refractivity contribution in [3.05, 3.63) is 89.4 Å². The number of hydrogen-bond acceptors (Lipinski definition) is 5. The van der Waals surface area contributed by atoms with Crippen LogP contribution in [0.1, 0.15) is 11.6 Å². The first-order valence-electron chi connectivity index (χ1n) is 9.87. The smallest absolute Gasteiger partial charge is 0.266 e. The minimum Gasteiger partial charge on any atom is -0.497 e. The first kappa shape index (κ1) is 19.6. The van der Waals surface area contributed by atoms with Gasteiger partial charge in [0.05, 0.1) is 24.5 Å². The normalized spacial score (nSPS) is 22.7. The van der Waals surface area contributed by atoms with E-state index in [0.29, 0.717) is 16.5 Å². The lowest BCUT2D eigenvalue weighted by Crippen LogP contribution is -2.37. The van der Waals surface area contributed by atoms with E-state index < -0.39 is 18.1 Å². The lowest BCUT2D eigenvalue weighted by atomic mass is 9.90. The molecule has 3 unspecified atom stereocenters. The third-order valence-corrected chi connectivity index (χ3v) is 5.92. The summed E-state index contributed by atoms with van der Waals surface area (Å²) in [5.41, 5.74) is 2.12. The molecule has 3 aromatic rings. The molecule has 2 amide bonds. The number of nitrogens with zero attached hydrogens (tertiary/aromatic N) is 2. The predicted octanol–water partition coefficient (Wildman–Crippen LogP) is 4.40. The van der Waals surface area contributed by atoms with Crippen molar-refractivity contribution in [2.24, 2.45) is 5.92 Å². The van der Waals surface area contributed by atoms with E-state index in [9.17, 15) is 9.59 Å². The van der Waals surface area contributed by atoms with Gasteiger partial charge in [0.2, 0.25) is 5.91 Å². The van der Waals surface area contributed by atoms with E-state index in [1.54, 1.807) is 36.4 Å². The van der Waals surface area contributed by atoms with Gasteiger partial charge in [0.1, 0.15) is 11.7 Å². The molecule has 6 nitrogen and oxygen atoms in total. The molecule has 0 N–H and O–H groups in total. The molecule has 0 aliphatic carbocycles. The van der Waals surface area contributed by atoms with Crippen molar-refractivity contribution in [2.75, 3.05) is 17.1 Å². The number of amides is 2. The molecule has 156 valence electrons. The Kier molecular flexibility index (Phi) is 4.88. The van der Waals surface area contributed by atoms with Crippen molar-refractivity contribution in [3.8, 4) is 5.75 Å². The SMILES string of the molecule is COc1ccc(N2OC3C(=O)N(c4ccc(Cl)cc4)C(=O)C3C2c2ccccc2)cc1. The highest BCUT2D eigenvalue weighted by molar-refractivity contribution is 6.31. The second kappa shape index (κ2) is 7.72. The summed E-state index contributed by atoms with van der Waals surface area (Å²) in [6.45, 7) is 0. The van der Waals surface area contributed by atoms with Crippen molar-refractivity contribution < 1.29 is 19.2 Å². The summed E-state index contributed by atoms with van der Waals surface area (Å²) in [7, 11) is 1.60. The zero-order valence-electron chi connectivity index (χ0n) is 16.6. The largest absolute Gasteiger partial charge is 0.497 e. The molecule has 3 aromatic carbocycles. The summed E-state index contributed by atoms with van der Waals surface area (Å²) in [6, 6.07) is 23.1. The maximum Gasteiger partial charge on any atom is 0.266 e. The minimum absolute atomic E-state index is 0.290. The van der Waals surface area contributed by atoms with Crippen LogP contribution in [0.25, 0.3) is 0 Å². The Bertz CT molecular complexity index is 1120. The Morgan fingerprint density at radius 1 is 0.839 bits per heavy atom. The van der Waals surface area contributed by atoms with Crippen LogP contribution >= 0.6 is 11.6 Å². The van der Waals surface area contributed by atoms with Crippen LogP contribution in [0.4, 0.5) is 11.4 Å². The molecule has 3 atom stereocenters. The van der Waals surface area contributed by atoms with Gasteiger partial charge in [-0.05, 0) is 54.1 Å². The summed E-state index contributed by atoms with van der Waals surface area (Å²) in [5, 5.41) is 2.20. The number of methoxy groups -OCH3 is 1. The molecule has 0 aromatic heterocycles. The standard InChI is InChI=1S/C24H19ClN2O4/c1-30-19-13-11-18(12-14-19)27-21(15-5-3-2-4-6-15)20-22(31-27)24(29)26(23(20)28)17-9-7-16(25)8-10-17/h2-14,20-22H,1H3. The van der Waals surface area contributed by atoms with Gasteiger partial charge in [-0.1, -0.05) is 41.9 Å². The van der Waals surface area contributed by atoms with Crippen LogP contribution in [0.5, 0.6) is 5.75 Å². The number of rotatable bonds is 4. The van der Waals surface area contributed by atoms with Crippen LogP contribution < -0.4 is 14.7 Å². The molecule has 2 heterocycles. The third-order valence-electron chi connectivity index (χ3n) is 5.67. The van der Waals surface area contributed by atoms with E-state index in [2.05, 4.69) is 0 Å². The molecule has 2 aliphatic heterocycles. The summed E-state index contributed by atoms with van der Waals surface area (Å²) >= 11 is 5.97. The number of ether oxygens (including phenoxy) is 1. The molecule has 2 saturated heterocycles. The average Bonchev–Trinajstić information content (AvgIpc) is 3.31. The van der Waals surface area contributed by atoms with Gasteiger partial charge in [0, 0.05) is 5.02 Å². The van der Waals surface area contributed by atoms with Crippen LogP contribution in [0.15, 0.2) is 78.9 Å². The first-order valence-corrected chi connectivity index (χ1v) is 10.2. The van der Waals surface area contributed by atoms with Gasteiger partial charge in [-0.25, -0.2) is 9.96 Å². The van der Waals surface area contributed by atoms with Gasteiger partial charge in [-0.15, -0.1) is 0 Å². The van der Waals surface area contributed by atoms with E-state index in [1.807, 2.05) is 54.6 Å². The number of hydroxylamine groups is 1. The maximum absolute atomic E-state index is 13.5. The number of halogens is 1. The highest BCUT2D eigenvalue weighted by Gasteiger charge is 2.60. The Morgan fingerprint density at radius 2 is 1.48 bits per heavy atom. The van der Waals surface area contributed by atoms with E-state index >= 15 is 0 Å². The van der Waals surface area contributed by atoms with E-state index in [0.717, 1.165) is 11.3 Å². The highest BCUT2D eigenvalue weighted by Crippen LogP contribution is 2.47. The molecule has 0 radical (unpaired) electrons. The first-order chi connectivity index (χ1) is 15.1. The molecule has 0 spiro atoms. The predicted molar refractivity (Wildman–Crippen MR) is 117 cm³/mol. The molecular formula is C24H19ClN2O4. The van der Waals surface area contributed by atoms with Crippen LogP contribution in [0.3, 0.4) is 0 Å². The van der Waals surface area contributed by atoms with Crippen LogP contribution in [0.2, 0.25) is 5.02 Å². The van der Waals surface area contributed by atoms with Crippen LogP contribution in [-0.4, -0.2) is 25.0 Å². The fourth-order valence-electron chi connectivity index (χ4n) is 4.20. The molecule has 0 saturated carbocycles. The van der Waals surface area contributed by atoms with E-state index in [4.69, 9.17) is 21.2 Å². The van der Waals surface area contributed by atoms with Crippen molar-refractivity contribution in [1.29, 1.82) is 0 Å². The van der Waals surface area contributed by atoms with Crippen molar-refractivity contribution in [3.63, 3.8) is 0 Å². The fourth-order valence-corrected chi connectivity index (χ4v) is 4.33. The van der Waals surface area contributed by atoms with Gasteiger partial charge >= 0.3 is 0 Å². The van der Waals surface area contributed by atoms with E-state index in [1.165, 1.54) is 4.90 Å². The maximum atomic E-state index is 13.5. The van der Waals surface area contributed by atoms with E-state index in [-0.39, 0.29) is 11.8 Å². The lowest BCUT2D eigenvalue weighted by molar-refractivity contribution is -0.126. The van der Waals surface area contributed by atoms with Crippen molar-refractivity contribution in [1.82, 2.24) is 0 Å². The molecular weight excluding hydrogens is 416 g/mol. The second-order valence-corrected chi connectivity index (χ2v) is 7.86. The Labute approximate surface area is 184 Å². The number of fused-ring (bicyclic) bond motifs is 1. The van der Waals surface area contributed by atoms with Gasteiger partial charge in [-0.2, -0.15) is 0 Å². The number of hydrogen-bond donors (Lipinski definition) is 0. The molecule has 7 heteroatoms. The average molecular weight is 435 g/mol. The number of anilines is 2. The zero-order chi connectivity index (χ0) is 21.5. The summed E-state index contributed by atoms with van der Waals surface area (Å²) in [6.07, 6.45) is -0.907. The van der Waals surface area contributed by atoms with Crippen LogP contribution in [0, 0.1) is 5.92 Å². The topological polar surface area (TPSA) is 59.1 Å². The fraction of sp³-hybridized carbons (Fsp3) is 0.167. The molecule has 2 aliphatic rings. The Balaban J connectivity index is 1.55. The lowest BCUT2D eigenvalue weighted by Gasteiger charge is -2.28. The highest BCUT2D eigenvalue weighted by atomic mass is 35.5. The summed E-state index contributed by atoms with van der Waals surface area (Å²) in [4.78, 5) is 34.1. The Hall–Kier alpha value is -3.35. The number of carbonyl (C=O) groups excluding carboxylic acids is 2. The minimum atomic E-state index is -0.907. The molecule has 31 heavy (non-hydrogen) atoms. The molecule has 0 bridgehead atoms. The third kappa shape index (κ3) is 3.24. The van der Waals surface area contributed by atoms with Gasteiger partial charge in [0.15, 0.2) is 6.10 Å². The Morgan fingerprint density at radius 3 is 2.13 bits per heavy atom. The van der Waals surface area contributed by atoms with Crippen molar-refractivity contribution in [2.45, 2.75) is 12.1 Å². The summed E-state index contributed by atoms with van der Waals surface area (Å²) < 4.78 is 5.24. The number of imide groups is 1. The van der Waals surface area contributed by atoms with Gasteiger partial charge in [0.25, 0.3) is 5.91 Å². The number of benzene rings is 3. The van der Waals surface area contributed by atoms with Crippen LogP contribution in [-0.2, 0) is 14.4 Å².